The van der Waals surface area contributed by atoms with E-state index in [4.69, 9.17) is 0 Å². The van der Waals surface area contributed by atoms with Gasteiger partial charge in [0.1, 0.15) is 10.6 Å². The number of rotatable bonds is 3. The lowest BCUT2D eigenvalue weighted by molar-refractivity contribution is 0.445. The van der Waals surface area contributed by atoms with Crippen LogP contribution in [0.15, 0.2) is 29.2 Å². The molecular formula is C11H15NO5S2. The van der Waals surface area contributed by atoms with E-state index < -0.39 is 25.4 Å². The van der Waals surface area contributed by atoms with Gasteiger partial charge in [0.15, 0.2) is 9.84 Å². The van der Waals surface area contributed by atoms with Gasteiger partial charge in [-0.1, -0.05) is 12.1 Å². The molecule has 0 aromatic heterocycles. The van der Waals surface area contributed by atoms with Gasteiger partial charge >= 0.3 is 0 Å². The Labute approximate surface area is 112 Å². The second-order valence-corrected chi connectivity index (χ2v) is 8.81. The molecule has 0 aliphatic carbocycles. The Morgan fingerprint density at radius 1 is 1.32 bits per heavy atom. The summed E-state index contributed by atoms with van der Waals surface area (Å²) in [6.07, 6.45) is 0.224. The van der Waals surface area contributed by atoms with Crippen molar-refractivity contribution in [1.82, 2.24) is 4.72 Å². The van der Waals surface area contributed by atoms with Crippen LogP contribution in [-0.2, 0) is 19.9 Å². The van der Waals surface area contributed by atoms with E-state index in [1.54, 1.807) is 6.92 Å². The SMILES string of the molecule is CC1(NS(=O)(=O)c2ccccc2O)CCS(=O)(=O)C1. The third-order valence-electron chi connectivity index (χ3n) is 3.04. The lowest BCUT2D eigenvalue weighted by Crippen LogP contribution is -2.46. The molecule has 1 aliphatic heterocycles. The minimum absolute atomic E-state index is 0.0349. The maximum atomic E-state index is 12.2. The van der Waals surface area contributed by atoms with Crippen LogP contribution < -0.4 is 4.72 Å². The number of aromatic hydroxyl groups is 1. The highest BCUT2D eigenvalue weighted by atomic mass is 32.2. The standard InChI is InChI=1S/C11H15NO5S2/c1-11(6-7-18(14,15)8-11)12-19(16,17)10-5-3-2-4-9(10)13/h2-5,12-13H,6-8H2,1H3. The van der Waals surface area contributed by atoms with Crippen molar-refractivity contribution in [2.45, 2.75) is 23.8 Å². The lowest BCUT2D eigenvalue weighted by atomic mass is 10.0. The average molecular weight is 305 g/mol. The zero-order valence-corrected chi connectivity index (χ0v) is 12.0. The fourth-order valence-corrected chi connectivity index (χ4v) is 5.87. The Balaban J connectivity index is 2.31. The summed E-state index contributed by atoms with van der Waals surface area (Å²) >= 11 is 0. The molecule has 0 spiro atoms. The zero-order valence-electron chi connectivity index (χ0n) is 10.3. The number of hydrogen-bond donors (Lipinski definition) is 2. The highest BCUT2D eigenvalue weighted by Crippen LogP contribution is 2.27. The quantitative estimate of drug-likeness (QED) is 0.833. The summed E-state index contributed by atoms with van der Waals surface area (Å²) in [5.41, 5.74) is -1.03. The second kappa shape index (κ2) is 4.46. The van der Waals surface area contributed by atoms with Crippen molar-refractivity contribution in [2.24, 2.45) is 0 Å². The molecule has 1 aromatic rings. The molecule has 0 saturated carbocycles. The molecule has 1 saturated heterocycles. The molecule has 2 N–H and O–H groups in total. The van der Waals surface area contributed by atoms with Crippen molar-refractivity contribution >= 4 is 19.9 Å². The highest BCUT2D eigenvalue weighted by Gasteiger charge is 2.41. The smallest absolute Gasteiger partial charge is 0.244 e. The first-order valence-corrected chi connectivity index (χ1v) is 8.96. The summed E-state index contributed by atoms with van der Waals surface area (Å²) in [6, 6.07) is 5.53. The van der Waals surface area contributed by atoms with Crippen molar-refractivity contribution in [3.8, 4) is 5.75 Å². The molecule has 0 amide bonds. The van der Waals surface area contributed by atoms with Gasteiger partial charge < -0.3 is 5.11 Å². The predicted molar refractivity (Wildman–Crippen MR) is 70.1 cm³/mol. The molecule has 1 aromatic carbocycles. The molecule has 0 bridgehead atoms. The number of sulfone groups is 1. The minimum Gasteiger partial charge on any atom is -0.507 e. The average Bonchev–Trinajstić information content (AvgIpc) is 2.52. The van der Waals surface area contributed by atoms with Gasteiger partial charge in [-0.15, -0.1) is 0 Å². The number of sulfonamides is 1. The Morgan fingerprint density at radius 2 is 1.95 bits per heavy atom. The lowest BCUT2D eigenvalue weighted by Gasteiger charge is -2.23. The van der Waals surface area contributed by atoms with Crippen LogP contribution >= 0.6 is 0 Å². The van der Waals surface area contributed by atoms with Crippen molar-refractivity contribution in [1.29, 1.82) is 0 Å². The van der Waals surface area contributed by atoms with Crippen LogP contribution in [0.2, 0.25) is 0 Å². The molecule has 6 nitrogen and oxygen atoms in total. The normalized spacial score (nSPS) is 26.4. The number of para-hydroxylation sites is 1. The van der Waals surface area contributed by atoms with E-state index in [2.05, 4.69) is 4.72 Å². The first-order valence-electron chi connectivity index (χ1n) is 5.66. The van der Waals surface area contributed by atoms with Gasteiger partial charge in [0.05, 0.1) is 11.5 Å². The van der Waals surface area contributed by atoms with E-state index >= 15 is 0 Å². The van der Waals surface area contributed by atoms with Crippen molar-refractivity contribution < 1.29 is 21.9 Å². The summed E-state index contributed by atoms with van der Waals surface area (Å²) in [5.74, 6) is -0.626. The Morgan fingerprint density at radius 3 is 2.47 bits per heavy atom. The number of benzene rings is 1. The summed E-state index contributed by atoms with van der Waals surface area (Å²) < 4.78 is 49.6. The molecule has 8 heteroatoms. The predicted octanol–water partition coefficient (Wildman–Crippen LogP) is 0.248. The molecule has 1 unspecified atom stereocenters. The third-order valence-corrected chi connectivity index (χ3v) is 6.63. The van der Waals surface area contributed by atoms with Crippen molar-refractivity contribution in [2.75, 3.05) is 11.5 Å². The van der Waals surface area contributed by atoms with Gasteiger partial charge in [-0.2, -0.15) is 0 Å². The van der Waals surface area contributed by atoms with E-state index in [1.165, 1.54) is 24.3 Å². The zero-order chi connectivity index (χ0) is 14.3. The van der Waals surface area contributed by atoms with Crippen LogP contribution in [0.1, 0.15) is 13.3 Å². The van der Waals surface area contributed by atoms with Crippen LogP contribution in [0.5, 0.6) is 5.75 Å². The minimum atomic E-state index is -3.95. The van der Waals surface area contributed by atoms with E-state index in [1.807, 2.05) is 0 Å². The van der Waals surface area contributed by atoms with Crippen LogP contribution in [0.4, 0.5) is 0 Å². The van der Waals surface area contributed by atoms with Crippen LogP contribution in [0, 0.1) is 0 Å². The van der Waals surface area contributed by atoms with Gasteiger partial charge in [0.25, 0.3) is 0 Å². The Kier molecular flexibility index (Phi) is 3.36. The first kappa shape index (κ1) is 14.3. The van der Waals surface area contributed by atoms with E-state index in [9.17, 15) is 21.9 Å². The summed E-state index contributed by atoms with van der Waals surface area (Å²) in [6.45, 7) is 1.55. The number of nitrogens with one attached hydrogen (secondary N) is 1. The number of phenols is 1. The number of phenolic OH excluding ortho intramolecular Hbond substituents is 1. The first-order chi connectivity index (χ1) is 8.64. The van der Waals surface area contributed by atoms with Gasteiger partial charge in [0.2, 0.25) is 10.0 Å². The third kappa shape index (κ3) is 3.07. The van der Waals surface area contributed by atoms with Crippen molar-refractivity contribution in [3.63, 3.8) is 0 Å². The topological polar surface area (TPSA) is 101 Å². The maximum absolute atomic E-state index is 12.2. The summed E-state index contributed by atoms with van der Waals surface area (Å²) in [4.78, 5) is -0.250. The Bertz CT molecular complexity index is 696. The molecule has 1 heterocycles. The maximum Gasteiger partial charge on any atom is 0.244 e. The molecule has 1 atom stereocenters. The second-order valence-electron chi connectivity index (χ2n) is 4.98. The monoisotopic (exact) mass is 305 g/mol. The summed E-state index contributed by atoms with van der Waals surface area (Å²) in [5, 5.41) is 9.57. The molecular weight excluding hydrogens is 290 g/mol. The Hall–Kier alpha value is -1.12. The van der Waals surface area contributed by atoms with E-state index in [0.29, 0.717) is 0 Å². The van der Waals surface area contributed by atoms with E-state index in [-0.39, 0.29) is 28.6 Å². The molecule has 1 fully saturated rings. The van der Waals surface area contributed by atoms with Crippen LogP contribution in [0.3, 0.4) is 0 Å². The molecule has 1 aliphatic rings. The van der Waals surface area contributed by atoms with Gasteiger partial charge in [-0.3, -0.25) is 0 Å². The summed E-state index contributed by atoms with van der Waals surface area (Å²) in [7, 11) is -7.16. The van der Waals surface area contributed by atoms with Gasteiger partial charge in [-0.05, 0) is 25.5 Å². The molecule has 0 radical (unpaired) electrons. The fourth-order valence-electron chi connectivity index (χ4n) is 2.15. The van der Waals surface area contributed by atoms with Crippen LogP contribution in [0.25, 0.3) is 0 Å². The van der Waals surface area contributed by atoms with Crippen molar-refractivity contribution in [3.05, 3.63) is 24.3 Å². The number of hydrogen-bond acceptors (Lipinski definition) is 5. The fraction of sp³-hybridized carbons (Fsp3) is 0.455. The molecule has 2 rings (SSSR count). The van der Waals surface area contributed by atoms with Gasteiger partial charge in [0, 0.05) is 5.54 Å². The van der Waals surface area contributed by atoms with Gasteiger partial charge in [-0.25, -0.2) is 21.6 Å². The molecule has 19 heavy (non-hydrogen) atoms. The molecule has 106 valence electrons. The van der Waals surface area contributed by atoms with E-state index in [0.717, 1.165) is 0 Å². The largest absolute Gasteiger partial charge is 0.507 e. The van der Waals surface area contributed by atoms with Crippen LogP contribution in [-0.4, -0.2) is 39.0 Å². The highest BCUT2D eigenvalue weighted by molar-refractivity contribution is 7.92.